The van der Waals surface area contributed by atoms with Crippen molar-refractivity contribution < 1.29 is 8.42 Å². The minimum atomic E-state index is -3.18. The van der Waals surface area contributed by atoms with E-state index in [0.29, 0.717) is 44.2 Å². The van der Waals surface area contributed by atoms with E-state index < -0.39 is 10.0 Å². The van der Waals surface area contributed by atoms with E-state index in [9.17, 15) is 8.42 Å². The molecular weight excluding hydrogens is 314 g/mol. The molecule has 0 aromatic carbocycles. The molecule has 0 aliphatic carbocycles. The Morgan fingerprint density at radius 2 is 2.19 bits per heavy atom. The summed E-state index contributed by atoms with van der Waals surface area (Å²) in [5.41, 5.74) is 5.54. The summed E-state index contributed by atoms with van der Waals surface area (Å²) in [6.07, 6.45) is 3.37. The fraction of sp³-hybridized carbons (Fsp3) is 0.667. The molecule has 2 heterocycles. The summed E-state index contributed by atoms with van der Waals surface area (Å²) in [5.74, 6) is 1.22. The Balaban J connectivity index is 1.86. The van der Waals surface area contributed by atoms with E-state index in [2.05, 4.69) is 21.4 Å². The van der Waals surface area contributed by atoms with E-state index in [4.69, 9.17) is 17.3 Å². The molecule has 2 rings (SSSR count). The number of rotatable bonds is 6. The Morgan fingerprint density at radius 1 is 1.48 bits per heavy atom. The number of alkyl halides is 1. The molecule has 1 fully saturated rings. The van der Waals surface area contributed by atoms with Crippen LogP contribution in [-0.4, -0.2) is 53.5 Å². The maximum Gasteiger partial charge on any atom is 0.224 e. The second kappa shape index (κ2) is 7.24. The number of hydrogen-bond acceptors (Lipinski definition) is 6. The monoisotopic (exact) mass is 332 g/mol. The van der Waals surface area contributed by atoms with Crippen LogP contribution in [0.25, 0.3) is 0 Å². The quantitative estimate of drug-likeness (QED) is 0.743. The molecule has 3 N–H and O–H groups in total. The van der Waals surface area contributed by atoms with Gasteiger partial charge in [0.25, 0.3) is 0 Å². The Hall–Kier alpha value is -1.12. The van der Waals surface area contributed by atoms with Crippen molar-refractivity contribution in [2.24, 2.45) is 0 Å². The molecule has 1 aliphatic heterocycles. The van der Waals surface area contributed by atoms with Crippen LogP contribution in [0.5, 0.6) is 0 Å². The number of hydrogen-bond donors (Lipinski definition) is 2. The zero-order valence-corrected chi connectivity index (χ0v) is 13.2. The van der Waals surface area contributed by atoms with E-state index in [1.54, 1.807) is 0 Å². The van der Waals surface area contributed by atoms with Crippen LogP contribution in [0.15, 0.2) is 6.20 Å². The minimum absolute atomic E-state index is 0.114. The molecule has 117 valence electrons. The molecule has 0 unspecified atom stereocenters. The largest absolute Gasteiger partial charge is 0.383 e. The number of aromatic nitrogens is 2. The highest BCUT2D eigenvalue weighted by Crippen LogP contribution is 2.17. The maximum atomic E-state index is 12.1. The van der Waals surface area contributed by atoms with Gasteiger partial charge < -0.3 is 11.1 Å². The fourth-order valence-electron chi connectivity index (χ4n) is 2.23. The molecule has 1 radical (unpaired) electrons. The minimum Gasteiger partial charge on any atom is -0.383 e. The predicted molar refractivity (Wildman–Crippen MR) is 82.6 cm³/mol. The van der Waals surface area contributed by atoms with Crippen LogP contribution in [0.4, 0.5) is 11.8 Å². The summed E-state index contributed by atoms with van der Waals surface area (Å²) in [7, 11) is -3.18. The summed E-state index contributed by atoms with van der Waals surface area (Å²) in [6, 6.07) is 2.82. The van der Waals surface area contributed by atoms with Crippen LogP contribution in [0.3, 0.4) is 0 Å². The molecule has 21 heavy (non-hydrogen) atoms. The highest BCUT2D eigenvalue weighted by molar-refractivity contribution is 7.89. The van der Waals surface area contributed by atoms with Gasteiger partial charge in [-0.05, 0) is 19.3 Å². The Bertz CT molecular complexity index is 561. The lowest BCUT2D eigenvalue weighted by Gasteiger charge is -2.31. The van der Waals surface area contributed by atoms with Crippen molar-refractivity contribution in [3.05, 3.63) is 12.3 Å². The van der Waals surface area contributed by atoms with Gasteiger partial charge in [-0.1, -0.05) is 0 Å². The number of sulfonamides is 1. The first-order chi connectivity index (χ1) is 10.0. The molecule has 0 atom stereocenters. The normalized spacial score (nSPS) is 17.8. The number of nitrogens with zero attached hydrogens (tertiary/aromatic N) is 3. The Morgan fingerprint density at radius 3 is 2.81 bits per heavy atom. The van der Waals surface area contributed by atoms with Crippen LogP contribution in [0, 0.1) is 6.07 Å². The van der Waals surface area contributed by atoms with Crippen LogP contribution >= 0.6 is 11.6 Å². The standard InChI is InChI=1S/C12H19ClN5O2S/c13-5-1-9-21(19,20)18-7-3-10(4-8-18)16-12-15-6-2-11(14)17-12/h6,10H,1,3-5,7-9H2,(H3,14,15,16,17). The van der Waals surface area contributed by atoms with Gasteiger partial charge in [0, 0.05) is 37.3 Å². The van der Waals surface area contributed by atoms with Crippen molar-refractivity contribution in [3.8, 4) is 0 Å². The first kappa shape index (κ1) is 16.3. The van der Waals surface area contributed by atoms with E-state index in [1.165, 1.54) is 10.5 Å². The molecule has 1 aromatic rings. The van der Waals surface area contributed by atoms with E-state index in [-0.39, 0.29) is 17.6 Å². The van der Waals surface area contributed by atoms with Crippen molar-refractivity contribution >= 4 is 33.4 Å². The highest BCUT2D eigenvalue weighted by Gasteiger charge is 2.27. The third kappa shape index (κ3) is 4.69. The second-order valence-electron chi connectivity index (χ2n) is 4.90. The molecule has 0 spiro atoms. The summed E-state index contributed by atoms with van der Waals surface area (Å²) in [5, 5.41) is 3.17. The lowest BCUT2D eigenvalue weighted by Crippen LogP contribution is -2.43. The van der Waals surface area contributed by atoms with Gasteiger partial charge in [-0.2, -0.15) is 4.98 Å². The number of anilines is 2. The predicted octanol–water partition coefficient (Wildman–Crippen LogP) is 0.694. The maximum absolute atomic E-state index is 12.1. The molecule has 7 nitrogen and oxygen atoms in total. The number of nitrogen functional groups attached to an aromatic ring is 1. The topological polar surface area (TPSA) is 101 Å². The molecule has 1 aliphatic rings. The van der Waals surface area contributed by atoms with Gasteiger partial charge in [0.2, 0.25) is 16.0 Å². The molecule has 0 amide bonds. The third-order valence-electron chi connectivity index (χ3n) is 3.34. The van der Waals surface area contributed by atoms with Crippen LogP contribution in [0.2, 0.25) is 0 Å². The van der Waals surface area contributed by atoms with Gasteiger partial charge in [-0.25, -0.2) is 17.7 Å². The Kier molecular flexibility index (Phi) is 5.60. The molecule has 1 saturated heterocycles. The van der Waals surface area contributed by atoms with Gasteiger partial charge in [0.05, 0.1) is 5.75 Å². The van der Waals surface area contributed by atoms with Crippen LogP contribution in [-0.2, 0) is 10.0 Å². The van der Waals surface area contributed by atoms with E-state index in [0.717, 1.165) is 0 Å². The first-order valence-corrected chi connectivity index (χ1v) is 8.96. The van der Waals surface area contributed by atoms with Crippen molar-refractivity contribution in [1.82, 2.24) is 14.3 Å². The Labute approximate surface area is 129 Å². The zero-order valence-electron chi connectivity index (χ0n) is 11.6. The van der Waals surface area contributed by atoms with E-state index >= 15 is 0 Å². The average Bonchev–Trinajstić information content (AvgIpc) is 2.46. The smallest absolute Gasteiger partial charge is 0.224 e. The lowest BCUT2D eigenvalue weighted by molar-refractivity contribution is 0.329. The van der Waals surface area contributed by atoms with Crippen LogP contribution < -0.4 is 11.1 Å². The fourth-order valence-corrected chi connectivity index (χ4v) is 4.06. The van der Waals surface area contributed by atoms with Gasteiger partial charge in [-0.15, -0.1) is 11.6 Å². The summed E-state index contributed by atoms with van der Waals surface area (Å²) in [4.78, 5) is 8.07. The van der Waals surface area contributed by atoms with Crippen LogP contribution in [0.1, 0.15) is 19.3 Å². The number of halogens is 1. The molecule has 9 heteroatoms. The lowest BCUT2D eigenvalue weighted by atomic mass is 10.1. The SMILES string of the molecule is Nc1[c]cnc(NC2CCN(S(=O)(=O)CCCCl)CC2)n1. The highest BCUT2D eigenvalue weighted by atomic mass is 35.5. The average molecular weight is 333 g/mol. The van der Waals surface area contributed by atoms with Crippen molar-refractivity contribution in [2.75, 3.05) is 35.8 Å². The molecular formula is C12H19ClN5O2S. The first-order valence-electron chi connectivity index (χ1n) is 6.82. The number of nitrogens with one attached hydrogen (secondary N) is 1. The van der Waals surface area contributed by atoms with E-state index in [1.807, 2.05) is 0 Å². The summed E-state index contributed by atoms with van der Waals surface area (Å²) >= 11 is 5.55. The van der Waals surface area contributed by atoms with Gasteiger partial charge >= 0.3 is 0 Å². The molecule has 0 saturated carbocycles. The van der Waals surface area contributed by atoms with Crippen molar-refractivity contribution in [2.45, 2.75) is 25.3 Å². The van der Waals surface area contributed by atoms with Gasteiger partial charge in [-0.3, -0.25) is 0 Å². The summed E-state index contributed by atoms with van der Waals surface area (Å²) in [6.45, 7) is 0.994. The number of nitrogens with two attached hydrogens (primary N) is 1. The van der Waals surface area contributed by atoms with Gasteiger partial charge in [0.1, 0.15) is 5.82 Å². The van der Waals surface area contributed by atoms with Gasteiger partial charge in [0.15, 0.2) is 0 Å². The second-order valence-corrected chi connectivity index (χ2v) is 7.37. The molecule has 1 aromatic heterocycles. The zero-order chi connectivity index (χ0) is 15.3. The van der Waals surface area contributed by atoms with Crippen molar-refractivity contribution in [3.63, 3.8) is 0 Å². The van der Waals surface area contributed by atoms with Crippen molar-refractivity contribution in [1.29, 1.82) is 0 Å². The summed E-state index contributed by atoms with van der Waals surface area (Å²) < 4.78 is 25.6. The third-order valence-corrected chi connectivity index (χ3v) is 5.57. The molecule has 0 bridgehead atoms. The number of piperidine rings is 1.